The average Bonchev–Trinajstić information content (AvgIpc) is 3.00. The summed E-state index contributed by atoms with van der Waals surface area (Å²) in [6.07, 6.45) is 8.52. The largest absolute Gasteiger partial charge is 0.365 e. The van der Waals surface area contributed by atoms with Gasteiger partial charge in [-0.25, -0.2) is 4.39 Å². The molecule has 1 saturated heterocycles. The first kappa shape index (κ1) is 16.0. The van der Waals surface area contributed by atoms with E-state index in [2.05, 4.69) is 4.98 Å². The highest BCUT2D eigenvalue weighted by atomic mass is 19.1. The second kappa shape index (κ2) is 6.41. The molecule has 1 amide bonds. The molecule has 1 aromatic carbocycles. The average molecular weight is 338 g/mol. The molecule has 0 unspecified atom stereocenters. The zero-order valence-corrected chi connectivity index (χ0v) is 13.8. The summed E-state index contributed by atoms with van der Waals surface area (Å²) in [6, 6.07) is 8.09. The number of aromatic nitrogens is 1. The number of rotatable bonds is 2. The van der Waals surface area contributed by atoms with Crippen LogP contribution in [0.1, 0.15) is 29.5 Å². The third-order valence-corrected chi connectivity index (χ3v) is 5.08. The van der Waals surface area contributed by atoms with Gasteiger partial charge in [-0.2, -0.15) is 0 Å². The van der Waals surface area contributed by atoms with E-state index in [1.807, 2.05) is 17.2 Å². The molecule has 1 spiro atoms. The fourth-order valence-corrected chi connectivity index (χ4v) is 3.60. The Labute approximate surface area is 145 Å². The smallest absolute Gasteiger partial charge is 0.246 e. The number of halogens is 1. The summed E-state index contributed by atoms with van der Waals surface area (Å²) in [5.74, 6) is -0.306. The van der Waals surface area contributed by atoms with Gasteiger partial charge >= 0.3 is 0 Å². The summed E-state index contributed by atoms with van der Waals surface area (Å²) in [4.78, 5) is 18.5. The number of ether oxygens (including phenoxy) is 1. The van der Waals surface area contributed by atoms with Crippen LogP contribution in [-0.4, -0.2) is 28.9 Å². The normalized spacial score (nSPS) is 18.7. The number of amides is 1. The highest BCUT2D eigenvalue weighted by Gasteiger charge is 2.43. The van der Waals surface area contributed by atoms with Gasteiger partial charge in [0.15, 0.2) is 0 Å². The number of likely N-dealkylation sites (tertiary alicyclic amines) is 1. The van der Waals surface area contributed by atoms with Crippen molar-refractivity contribution in [2.24, 2.45) is 0 Å². The predicted octanol–water partition coefficient (Wildman–Crippen LogP) is 3.28. The first-order valence-electron chi connectivity index (χ1n) is 8.46. The van der Waals surface area contributed by atoms with Crippen molar-refractivity contribution < 1.29 is 13.9 Å². The second-order valence-electron chi connectivity index (χ2n) is 6.53. The third kappa shape index (κ3) is 3.07. The maximum atomic E-state index is 12.9. The van der Waals surface area contributed by atoms with Gasteiger partial charge in [0.05, 0.1) is 12.2 Å². The Bertz CT molecular complexity index is 809. The van der Waals surface area contributed by atoms with Crippen LogP contribution in [0, 0.1) is 5.82 Å². The van der Waals surface area contributed by atoms with E-state index in [-0.39, 0.29) is 17.3 Å². The predicted molar refractivity (Wildman–Crippen MR) is 92.0 cm³/mol. The van der Waals surface area contributed by atoms with Gasteiger partial charge in [-0.05, 0) is 48.2 Å². The van der Waals surface area contributed by atoms with E-state index in [0.29, 0.717) is 19.7 Å². The van der Waals surface area contributed by atoms with E-state index in [4.69, 9.17) is 4.74 Å². The summed E-state index contributed by atoms with van der Waals surface area (Å²) >= 11 is 0. The lowest BCUT2D eigenvalue weighted by Gasteiger charge is -2.38. The van der Waals surface area contributed by atoms with Crippen LogP contribution >= 0.6 is 0 Å². The summed E-state index contributed by atoms with van der Waals surface area (Å²) in [7, 11) is 0. The van der Waals surface area contributed by atoms with Crippen molar-refractivity contribution in [1.29, 1.82) is 0 Å². The molecule has 1 aromatic heterocycles. The van der Waals surface area contributed by atoms with Crippen LogP contribution in [0.4, 0.5) is 4.39 Å². The Morgan fingerprint density at radius 1 is 1.20 bits per heavy atom. The van der Waals surface area contributed by atoms with E-state index < -0.39 is 0 Å². The van der Waals surface area contributed by atoms with E-state index in [1.165, 1.54) is 23.3 Å². The SMILES string of the molecule is O=C(/C=C/c1ccc(F)cc1)N1CCC2(CC1)OCc1ccncc12. The minimum Gasteiger partial charge on any atom is -0.365 e. The Morgan fingerprint density at radius 3 is 2.72 bits per heavy atom. The van der Waals surface area contributed by atoms with Crippen LogP contribution < -0.4 is 0 Å². The number of fused-ring (bicyclic) bond motifs is 2. The lowest BCUT2D eigenvalue weighted by Crippen LogP contribution is -2.44. The van der Waals surface area contributed by atoms with Gasteiger partial charge in [0.2, 0.25) is 5.91 Å². The molecule has 25 heavy (non-hydrogen) atoms. The van der Waals surface area contributed by atoms with Crippen LogP contribution in [0.15, 0.2) is 48.8 Å². The van der Waals surface area contributed by atoms with Crippen molar-refractivity contribution in [3.8, 4) is 0 Å². The molecule has 4 rings (SSSR count). The lowest BCUT2D eigenvalue weighted by atomic mass is 9.85. The van der Waals surface area contributed by atoms with Gasteiger partial charge in [-0.15, -0.1) is 0 Å². The summed E-state index contributed by atoms with van der Waals surface area (Å²) in [5, 5.41) is 0. The van der Waals surface area contributed by atoms with Crippen LogP contribution in [0.25, 0.3) is 6.08 Å². The summed E-state index contributed by atoms with van der Waals surface area (Å²) < 4.78 is 19.0. The summed E-state index contributed by atoms with van der Waals surface area (Å²) in [6.45, 7) is 1.93. The fraction of sp³-hybridized carbons (Fsp3) is 0.300. The van der Waals surface area contributed by atoms with Crippen LogP contribution in [0.3, 0.4) is 0 Å². The Balaban J connectivity index is 1.40. The number of hydrogen-bond donors (Lipinski definition) is 0. The van der Waals surface area contributed by atoms with Gasteiger partial charge in [-0.1, -0.05) is 12.1 Å². The van der Waals surface area contributed by atoms with Gasteiger partial charge < -0.3 is 9.64 Å². The highest BCUT2D eigenvalue weighted by molar-refractivity contribution is 5.91. The molecular weight excluding hydrogens is 319 g/mol. The first-order chi connectivity index (χ1) is 12.2. The third-order valence-electron chi connectivity index (χ3n) is 5.08. The van der Waals surface area contributed by atoms with Crippen LogP contribution in [-0.2, 0) is 21.7 Å². The molecule has 0 aliphatic carbocycles. The second-order valence-corrected chi connectivity index (χ2v) is 6.53. The first-order valence-corrected chi connectivity index (χ1v) is 8.46. The molecule has 0 radical (unpaired) electrons. The minimum absolute atomic E-state index is 0.0245. The van der Waals surface area contributed by atoms with Crippen molar-refractivity contribution >= 4 is 12.0 Å². The standard InChI is InChI=1S/C20H19FN2O2/c21-17-4-1-15(2-5-17)3-6-19(24)23-11-8-20(9-12-23)18-13-22-10-7-16(18)14-25-20/h1-7,10,13H,8-9,11-12,14H2/b6-3+. The minimum atomic E-state index is -0.291. The van der Waals surface area contributed by atoms with Crippen LogP contribution in [0.5, 0.6) is 0 Å². The number of carbonyl (C=O) groups excluding carboxylic acids is 1. The number of hydrogen-bond acceptors (Lipinski definition) is 3. The van der Waals surface area contributed by atoms with E-state index in [0.717, 1.165) is 18.4 Å². The van der Waals surface area contributed by atoms with Crippen molar-refractivity contribution in [3.05, 3.63) is 71.3 Å². The Hall–Kier alpha value is -2.53. The molecule has 0 saturated carbocycles. The quantitative estimate of drug-likeness (QED) is 0.789. The number of piperidine rings is 1. The van der Waals surface area contributed by atoms with Crippen LogP contribution in [0.2, 0.25) is 0 Å². The molecule has 2 aromatic rings. The topological polar surface area (TPSA) is 42.4 Å². The van der Waals surface area contributed by atoms with Gasteiger partial charge in [0, 0.05) is 37.1 Å². The number of pyridine rings is 1. The molecule has 0 N–H and O–H groups in total. The fourth-order valence-electron chi connectivity index (χ4n) is 3.60. The molecule has 0 bridgehead atoms. The van der Waals surface area contributed by atoms with Crippen molar-refractivity contribution in [3.63, 3.8) is 0 Å². The Kier molecular flexibility index (Phi) is 4.09. The summed E-state index contributed by atoms with van der Waals surface area (Å²) in [5.41, 5.74) is 2.89. The van der Waals surface area contributed by atoms with E-state index >= 15 is 0 Å². The van der Waals surface area contributed by atoms with Gasteiger partial charge in [0.25, 0.3) is 0 Å². The molecule has 2 aliphatic heterocycles. The molecule has 128 valence electrons. The zero-order chi connectivity index (χ0) is 17.3. The molecule has 1 fully saturated rings. The van der Waals surface area contributed by atoms with Gasteiger partial charge in [0.1, 0.15) is 5.82 Å². The number of benzene rings is 1. The highest BCUT2D eigenvalue weighted by Crippen LogP contribution is 2.43. The number of nitrogens with zero attached hydrogens (tertiary/aromatic N) is 2. The maximum Gasteiger partial charge on any atom is 0.246 e. The lowest BCUT2D eigenvalue weighted by molar-refractivity contribution is -0.133. The Morgan fingerprint density at radius 2 is 1.96 bits per heavy atom. The molecule has 3 heterocycles. The van der Waals surface area contributed by atoms with Crippen molar-refractivity contribution in [2.45, 2.75) is 25.0 Å². The van der Waals surface area contributed by atoms with E-state index in [9.17, 15) is 9.18 Å². The molecular formula is C20H19FN2O2. The van der Waals surface area contributed by atoms with Crippen molar-refractivity contribution in [2.75, 3.05) is 13.1 Å². The number of carbonyl (C=O) groups is 1. The van der Waals surface area contributed by atoms with E-state index in [1.54, 1.807) is 30.5 Å². The maximum absolute atomic E-state index is 12.9. The molecule has 5 heteroatoms. The molecule has 2 aliphatic rings. The molecule has 4 nitrogen and oxygen atoms in total. The monoisotopic (exact) mass is 338 g/mol. The zero-order valence-electron chi connectivity index (χ0n) is 13.8. The molecule has 0 atom stereocenters. The van der Waals surface area contributed by atoms with Gasteiger partial charge in [-0.3, -0.25) is 9.78 Å². The van der Waals surface area contributed by atoms with Crippen molar-refractivity contribution in [1.82, 2.24) is 9.88 Å².